The number of hydrogen-bond acceptors (Lipinski definition) is 6. The van der Waals surface area contributed by atoms with Gasteiger partial charge in [-0.15, -0.1) is 5.10 Å². The van der Waals surface area contributed by atoms with Crippen LogP contribution in [0.5, 0.6) is 5.75 Å². The normalized spacial score (nSPS) is 30.5. The van der Waals surface area contributed by atoms with Gasteiger partial charge in [0.15, 0.2) is 0 Å². The predicted molar refractivity (Wildman–Crippen MR) is 121 cm³/mol. The summed E-state index contributed by atoms with van der Waals surface area (Å²) in [6, 6.07) is 8.59. The number of aromatic nitrogens is 4. The van der Waals surface area contributed by atoms with Crippen molar-refractivity contribution >= 4 is 17.7 Å². The molecule has 8 heteroatoms. The highest BCUT2D eigenvalue weighted by atomic mass is 32.2. The van der Waals surface area contributed by atoms with E-state index in [0.29, 0.717) is 18.3 Å². The zero-order chi connectivity index (χ0) is 21.7. The van der Waals surface area contributed by atoms with Crippen molar-refractivity contribution in [3.05, 3.63) is 29.8 Å². The Bertz CT molecular complexity index is 968. The van der Waals surface area contributed by atoms with Crippen LogP contribution in [-0.4, -0.2) is 49.4 Å². The molecule has 1 heterocycles. The average Bonchev–Trinajstić information content (AvgIpc) is 3.52. The summed E-state index contributed by atoms with van der Waals surface area (Å²) >= 11 is 1.49. The Hall–Kier alpha value is -2.09. The predicted octanol–water partition coefficient (Wildman–Crippen LogP) is 4.11. The lowest BCUT2D eigenvalue weighted by Crippen LogP contribution is -2.61. The first-order chi connectivity index (χ1) is 15.6. The summed E-state index contributed by atoms with van der Waals surface area (Å²) in [4.78, 5) is 16.0. The van der Waals surface area contributed by atoms with E-state index in [1.165, 1.54) is 50.3 Å². The van der Waals surface area contributed by atoms with E-state index in [0.717, 1.165) is 47.1 Å². The maximum absolute atomic E-state index is 13.8. The third kappa shape index (κ3) is 3.80. The molecule has 32 heavy (non-hydrogen) atoms. The van der Waals surface area contributed by atoms with E-state index in [-0.39, 0.29) is 11.4 Å². The zero-order valence-corrected chi connectivity index (χ0v) is 19.5. The Morgan fingerprint density at radius 2 is 1.91 bits per heavy atom. The molecule has 0 saturated heterocycles. The summed E-state index contributed by atoms with van der Waals surface area (Å²) in [5, 5.41) is 12.9. The van der Waals surface area contributed by atoms with Crippen molar-refractivity contribution < 1.29 is 9.53 Å². The lowest BCUT2D eigenvalue weighted by atomic mass is 9.52. The van der Waals surface area contributed by atoms with Crippen molar-refractivity contribution in [3.63, 3.8) is 0 Å². The largest absolute Gasteiger partial charge is 0.497 e. The number of thioether (sulfide) groups is 1. The summed E-state index contributed by atoms with van der Waals surface area (Å²) < 4.78 is 7.35. The molecular weight excluding hydrogens is 422 g/mol. The van der Waals surface area contributed by atoms with Crippen LogP contribution < -0.4 is 4.74 Å². The monoisotopic (exact) mass is 453 g/mol. The van der Waals surface area contributed by atoms with Gasteiger partial charge in [0.25, 0.3) is 0 Å². The van der Waals surface area contributed by atoms with Gasteiger partial charge in [0.05, 0.1) is 18.9 Å². The molecule has 1 aromatic heterocycles. The second-order valence-electron chi connectivity index (χ2n) is 10.4. The summed E-state index contributed by atoms with van der Waals surface area (Å²) in [5.41, 5.74) is 1.15. The maximum Gasteiger partial charge on any atom is 0.233 e. The molecule has 4 bridgehead atoms. The lowest BCUT2D eigenvalue weighted by molar-refractivity contribution is -0.149. The first-order valence-corrected chi connectivity index (χ1v) is 12.9. The number of nitrogens with zero attached hydrogens (tertiary/aromatic N) is 5. The number of tetrazole rings is 1. The van der Waals surface area contributed by atoms with E-state index >= 15 is 0 Å². The number of methoxy groups -OCH3 is 1. The summed E-state index contributed by atoms with van der Waals surface area (Å²) in [7, 11) is 1.70. The van der Waals surface area contributed by atoms with Gasteiger partial charge in [0.2, 0.25) is 11.1 Å². The molecule has 1 amide bonds. The Morgan fingerprint density at radius 1 is 1.19 bits per heavy atom. The Kier molecular flexibility index (Phi) is 5.16. The molecule has 0 unspecified atom stereocenters. The molecule has 0 aliphatic heterocycles. The topological polar surface area (TPSA) is 73.1 Å². The third-order valence-corrected chi connectivity index (χ3v) is 8.95. The van der Waals surface area contributed by atoms with Crippen LogP contribution in [0.2, 0.25) is 0 Å². The van der Waals surface area contributed by atoms with Gasteiger partial charge in [0.1, 0.15) is 5.75 Å². The van der Waals surface area contributed by atoms with Crippen molar-refractivity contribution in [1.82, 2.24) is 25.1 Å². The fourth-order valence-corrected chi connectivity index (χ4v) is 7.72. The fourth-order valence-electron chi connectivity index (χ4n) is 6.90. The van der Waals surface area contributed by atoms with Gasteiger partial charge in [-0.25, -0.2) is 4.68 Å². The van der Waals surface area contributed by atoms with E-state index in [2.05, 4.69) is 32.6 Å². The Morgan fingerprint density at radius 3 is 2.56 bits per heavy atom. The zero-order valence-electron chi connectivity index (χ0n) is 18.7. The summed E-state index contributed by atoms with van der Waals surface area (Å²) in [6.07, 6.45) is 9.85. The van der Waals surface area contributed by atoms with Crippen molar-refractivity contribution in [1.29, 1.82) is 0 Å². The van der Waals surface area contributed by atoms with E-state index in [9.17, 15) is 4.79 Å². The third-order valence-electron chi connectivity index (χ3n) is 8.03. The molecular formula is C24H31N5O2S. The van der Waals surface area contributed by atoms with Crippen LogP contribution in [-0.2, 0) is 11.3 Å². The van der Waals surface area contributed by atoms with Crippen LogP contribution in [0.25, 0.3) is 0 Å². The molecule has 1 aromatic carbocycles. The average molecular weight is 454 g/mol. The van der Waals surface area contributed by atoms with E-state index in [4.69, 9.17) is 4.74 Å². The second kappa shape index (κ2) is 8.04. The highest BCUT2D eigenvalue weighted by molar-refractivity contribution is 7.99. The van der Waals surface area contributed by atoms with Gasteiger partial charge < -0.3 is 9.64 Å². The molecule has 7 nitrogen and oxygen atoms in total. The molecule has 5 aliphatic carbocycles. The van der Waals surface area contributed by atoms with E-state index < -0.39 is 0 Å². The highest BCUT2D eigenvalue weighted by Crippen LogP contribution is 2.58. The summed E-state index contributed by atoms with van der Waals surface area (Å²) in [5.74, 6) is 3.81. The van der Waals surface area contributed by atoms with Gasteiger partial charge in [-0.1, -0.05) is 23.9 Å². The van der Waals surface area contributed by atoms with Crippen molar-refractivity contribution in [3.8, 4) is 5.75 Å². The molecule has 2 aromatic rings. The highest BCUT2D eigenvalue weighted by Gasteiger charge is 2.54. The van der Waals surface area contributed by atoms with Crippen LogP contribution in [0.15, 0.2) is 29.4 Å². The standard InChI is InChI=1S/C24H31N5O2S/c1-31-21-4-2-3-16(10-21)14-28(24-11-17-7-18(12-24)9-19(8-17)13-24)22(30)15-32-23-25-26-27-29(23)20-5-6-20/h2-4,10,17-20H,5-9,11-15H2,1H3. The molecule has 170 valence electrons. The van der Waals surface area contributed by atoms with E-state index in [1.54, 1.807) is 7.11 Å². The summed E-state index contributed by atoms with van der Waals surface area (Å²) in [6.45, 7) is 0.649. The van der Waals surface area contributed by atoms with Gasteiger partial charge in [-0.05, 0) is 97.2 Å². The van der Waals surface area contributed by atoms with E-state index in [1.807, 2.05) is 16.8 Å². The van der Waals surface area contributed by atoms with Gasteiger partial charge in [-0.3, -0.25) is 4.79 Å². The number of amides is 1. The molecule has 5 saturated carbocycles. The maximum atomic E-state index is 13.8. The number of hydrogen-bond donors (Lipinski definition) is 0. The van der Waals surface area contributed by atoms with Crippen LogP contribution in [0.3, 0.4) is 0 Å². The Labute approximate surface area is 193 Å². The molecule has 0 radical (unpaired) electrons. The van der Waals surface area contributed by atoms with Crippen LogP contribution in [0, 0.1) is 17.8 Å². The molecule has 0 N–H and O–H groups in total. The first-order valence-electron chi connectivity index (χ1n) is 12.0. The Balaban J connectivity index is 1.26. The van der Waals surface area contributed by atoms with Gasteiger partial charge >= 0.3 is 0 Å². The number of benzene rings is 1. The molecule has 5 aliphatic rings. The number of carbonyl (C=O) groups is 1. The van der Waals surface area contributed by atoms with Gasteiger partial charge in [0, 0.05) is 12.1 Å². The number of ether oxygens (including phenoxy) is 1. The molecule has 7 rings (SSSR count). The minimum atomic E-state index is 0.0118. The molecule has 0 atom stereocenters. The minimum absolute atomic E-state index is 0.0118. The second-order valence-corrected chi connectivity index (χ2v) is 11.3. The van der Waals surface area contributed by atoms with Crippen molar-refractivity contribution in [2.75, 3.05) is 12.9 Å². The van der Waals surface area contributed by atoms with Crippen LogP contribution in [0.1, 0.15) is 63.0 Å². The SMILES string of the molecule is COc1cccc(CN(C(=O)CSc2nnnn2C2CC2)C23CC4CC(CC(C4)C2)C3)c1. The smallest absolute Gasteiger partial charge is 0.233 e. The lowest BCUT2D eigenvalue weighted by Gasteiger charge is -2.60. The minimum Gasteiger partial charge on any atom is -0.497 e. The molecule has 0 spiro atoms. The van der Waals surface area contributed by atoms with Crippen LogP contribution in [0.4, 0.5) is 0 Å². The van der Waals surface area contributed by atoms with Crippen LogP contribution >= 0.6 is 11.8 Å². The van der Waals surface area contributed by atoms with Crippen molar-refractivity contribution in [2.45, 2.75) is 74.6 Å². The number of carbonyl (C=O) groups excluding carboxylic acids is 1. The van der Waals surface area contributed by atoms with Crippen molar-refractivity contribution in [2.24, 2.45) is 17.8 Å². The number of rotatable bonds is 8. The van der Waals surface area contributed by atoms with Gasteiger partial charge in [-0.2, -0.15) is 0 Å². The quantitative estimate of drug-likeness (QED) is 0.560. The first kappa shape index (κ1) is 20.5. The molecule has 5 fully saturated rings. The fraction of sp³-hybridized carbons (Fsp3) is 0.667.